The molecule has 0 aliphatic carbocycles. The highest BCUT2D eigenvalue weighted by Crippen LogP contribution is 2.44. The van der Waals surface area contributed by atoms with Gasteiger partial charge >= 0.3 is 0 Å². The maximum Gasteiger partial charge on any atom is 0.0620 e. The number of hydrogen-bond donors (Lipinski definition) is 0. The number of fused-ring (bicyclic) bond motifs is 5. The van der Waals surface area contributed by atoms with Crippen LogP contribution in [0.15, 0.2) is 103 Å². The molecule has 3 aromatic heterocycles. The lowest BCUT2D eigenvalue weighted by Gasteiger charge is -2.08. The maximum atomic E-state index is 2.53. The van der Waals surface area contributed by atoms with Gasteiger partial charge in [0.1, 0.15) is 0 Å². The minimum Gasteiger partial charge on any atom is -0.344 e. The lowest BCUT2D eigenvalue weighted by molar-refractivity contribution is 1.01. The van der Waals surface area contributed by atoms with E-state index in [1.54, 1.807) is 0 Å². The normalized spacial score (nSPS) is 12.4. The number of aromatic nitrogens is 2. The van der Waals surface area contributed by atoms with Crippen molar-refractivity contribution >= 4 is 59.9 Å². The Labute approximate surface area is 190 Å². The maximum absolute atomic E-state index is 2.53. The zero-order chi connectivity index (χ0) is 21.7. The highest BCUT2D eigenvalue weighted by molar-refractivity contribution is 6.31. The first-order valence-electron chi connectivity index (χ1n) is 11.5. The predicted octanol–water partition coefficient (Wildman–Crippen LogP) is 8.15. The molecule has 0 saturated heterocycles. The van der Waals surface area contributed by atoms with Gasteiger partial charge in [0.2, 0.25) is 0 Å². The Morgan fingerprint density at radius 2 is 1.03 bits per heavy atom. The van der Waals surface area contributed by atoms with Gasteiger partial charge in [-0.15, -0.1) is 0 Å². The number of rotatable bonds is 1. The fourth-order valence-corrected chi connectivity index (χ4v) is 6.11. The van der Waals surface area contributed by atoms with Crippen molar-refractivity contribution in [3.63, 3.8) is 0 Å². The van der Waals surface area contributed by atoms with Crippen molar-refractivity contribution in [1.82, 2.24) is 8.97 Å². The first-order chi connectivity index (χ1) is 16.3. The van der Waals surface area contributed by atoms with E-state index in [2.05, 4.69) is 119 Å². The van der Waals surface area contributed by atoms with Gasteiger partial charge in [-0.1, -0.05) is 84.9 Å². The molecule has 2 nitrogen and oxygen atoms in total. The molecule has 0 saturated carbocycles. The average Bonchev–Trinajstić information content (AvgIpc) is 3.32. The number of hydrogen-bond acceptors (Lipinski definition) is 0. The molecule has 0 N–H and O–H groups in total. The van der Waals surface area contributed by atoms with E-state index in [9.17, 15) is 0 Å². The number of nitrogens with zero attached hydrogens (tertiary/aromatic N) is 2. The molecule has 0 amide bonds. The molecule has 0 fully saturated rings. The Morgan fingerprint density at radius 1 is 0.455 bits per heavy atom. The van der Waals surface area contributed by atoms with Crippen LogP contribution < -0.4 is 0 Å². The summed E-state index contributed by atoms with van der Waals surface area (Å²) < 4.78 is 4.87. The molecule has 154 valence electrons. The van der Waals surface area contributed by atoms with Crippen LogP contribution in [-0.4, -0.2) is 8.97 Å². The minimum atomic E-state index is 1.25. The van der Waals surface area contributed by atoms with E-state index >= 15 is 0 Å². The number of para-hydroxylation sites is 2. The second-order valence-electron chi connectivity index (χ2n) is 9.03. The van der Waals surface area contributed by atoms with Crippen molar-refractivity contribution in [2.24, 2.45) is 7.05 Å². The van der Waals surface area contributed by atoms with E-state index < -0.39 is 0 Å². The summed E-state index contributed by atoms with van der Waals surface area (Å²) in [6.45, 7) is 0. The zero-order valence-electron chi connectivity index (χ0n) is 18.2. The monoisotopic (exact) mass is 420 g/mol. The standard InChI is InChI=1S/C31H20N2/c1-32-25-16-7-12-21-22-13-6-15-24-23-14-5-11-20(19-9-3-2-4-10-19)30(23)33(31(22)24)27-18-8-17-26(32)29(27)28(21)25/h2-18H,1H3. The Kier molecular flexibility index (Phi) is 3.11. The second-order valence-corrected chi connectivity index (χ2v) is 9.03. The summed E-state index contributed by atoms with van der Waals surface area (Å²) in [7, 11) is 2.19. The molecule has 0 bridgehead atoms. The van der Waals surface area contributed by atoms with Gasteiger partial charge in [-0.25, -0.2) is 0 Å². The third-order valence-electron chi connectivity index (χ3n) is 7.46. The summed E-state index contributed by atoms with van der Waals surface area (Å²) in [5, 5.41) is 7.92. The first-order valence-corrected chi connectivity index (χ1v) is 11.5. The largest absolute Gasteiger partial charge is 0.344 e. The summed E-state index contributed by atoms with van der Waals surface area (Å²) in [6.07, 6.45) is 0. The highest BCUT2D eigenvalue weighted by Gasteiger charge is 2.21. The van der Waals surface area contributed by atoms with Gasteiger partial charge in [0.05, 0.1) is 22.1 Å². The van der Waals surface area contributed by atoms with E-state index in [1.807, 2.05) is 0 Å². The molecule has 3 heterocycles. The van der Waals surface area contributed by atoms with Crippen LogP contribution >= 0.6 is 0 Å². The van der Waals surface area contributed by atoms with Gasteiger partial charge in [-0.2, -0.15) is 0 Å². The Bertz CT molecular complexity index is 2020. The van der Waals surface area contributed by atoms with Gasteiger partial charge in [-0.3, -0.25) is 0 Å². The van der Waals surface area contributed by atoms with Crippen LogP contribution in [0.2, 0.25) is 0 Å². The van der Waals surface area contributed by atoms with Crippen molar-refractivity contribution in [2.45, 2.75) is 0 Å². The molecule has 0 aliphatic heterocycles. The van der Waals surface area contributed by atoms with Crippen LogP contribution in [0.25, 0.3) is 71.0 Å². The van der Waals surface area contributed by atoms with E-state index in [4.69, 9.17) is 0 Å². The van der Waals surface area contributed by atoms with Crippen molar-refractivity contribution in [1.29, 1.82) is 0 Å². The van der Waals surface area contributed by atoms with E-state index in [1.165, 1.54) is 71.0 Å². The van der Waals surface area contributed by atoms with Crippen LogP contribution in [0.1, 0.15) is 0 Å². The molecule has 0 unspecified atom stereocenters. The quantitative estimate of drug-likeness (QED) is 0.253. The van der Waals surface area contributed by atoms with Crippen molar-refractivity contribution in [3.05, 3.63) is 103 Å². The Balaban J connectivity index is 1.81. The molecule has 0 spiro atoms. The van der Waals surface area contributed by atoms with Crippen LogP contribution in [0.3, 0.4) is 0 Å². The van der Waals surface area contributed by atoms with Crippen molar-refractivity contribution < 1.29 is 0 Å². The molecule has 0 radical (unpaired) electrons. The highest BCUT2D eigenvalue weighted by atomic mass is 15.0. The Hall–Kier alpha value is -4.30. The molecule has 2 heteroatoms. The summed E-state index contributed by atoms with van der Waals surface area (Å²) in [4.78, 5) is 0. The van der Waals surface area contributed by atoms with Gasteiger partial charge in [0.25, 0.3) is 0 Å². The summed E-state index contributed by atoms with van der Waals surface area (Å²) in [6, 6.07) is 37.8. The zero-order valence-corrected chi connectivity index (χ0v) is 18.2. The second kappa shape index (κ2) is 5.93. The van der Waals surface area contributed by atoms with Gasteiger partial charge in [-0.05, 0) is 29.1 Å². The first kappa shape index (κ1) is 17.3. The van der Waals surface area contributed by atoms with Gasteiger partial charge in [0, 0.05) is 45.1 Å². The van der Waals surface area contributed by atoms with Crippen LogP contribution in [0.5, 0.6) is 0 Å². The van der Waals surface area contributed by atoms with Crippen LogP contribution in [0.4, 0.5) is 0 Å². The van der Waals surface area contributed by atoms with Gasteiger partial charge in [0.15, 0.2) is 0 Å². The lowest BCUT2D eigenvalue weighted by Crippen LogP contribution is -1.90. The third-order valence-corrected chi connectivity index (χ3v) is 7.46. The third kappa shape index (κ3) is 2.00. The van der Waals surface area contributed by atoms with Crippen molar-refractivity contribution in [3.8, 4) is 11.1 Å². The molecule has 33 heavy (non-hydrogen) atoms. The fourth-order valence-electron chi connectivity index (χ4n) is 6.11. The van der Waals surface area contributed by atoms with E-state index in [0.29, 0.717) is 0 Å². The topological polar surface area (TPSA) is 9.34 Å². The molecule has 8 rings (SSSR count). The smallest absolute Gasteiger partial charge is 0.0620 e. The summed E-state index contributed by atoms with van der Waals surface area (Å²) >= 11 is 0. The SMILES string of the molecule is Cn1c2cccc3c4cccc5c6cccc(-c7ccccc7)c6n(c6cccc1c6c32)c45. The van der Waals surface area contributed by atoms with Crippen LogP contribution in [0, 0.1) is 0 Å². The summed E-state index contributed by atoms with van der Waals surface area (Å²) in [5.41, 5.74) is 8.92. The molecular formula is C31H20N2. The lowest BCUT2D eigenvalue weighted by atomic mass is 10.0. The van der Waals surface area contributed by atoms with Gasteiger partial charge < -0.3 is 8.97 Å². The molecule has 8 aromatic rings. The van der Waals surface area contributed by atoms with E-state index in [-0.39, 0.29) is 0 Å². The molecule has 5 aromatic carbocycles. The summed E-state index contributed by atoms with van der Waals surface area (Å²) in [5.74, 6) is 0. The van der Waals surface area contributed by atoms with Crippen LogP contribution in [-0.2, 0) is 7.05 Å². The molecule has 0 aliphatic rings. The number of aryl methyl sites for hydroxylation is 1. The minimum absolute atomic E-state index is 1.25. The number of benzene rings is 5. The Morgan fingerprint density at radius 3 is 1.85 bits per heavy atom. The van der Waals surface area contributed by atoms with E-state index in [0.717, 1.165) is 0 Å². The predicted molar refractivity (Wildman–Crippen MR) is 141 cm³/mol. The fraction of sp³-hybridized carbons (Fsp3) is 0.0323. The molecule has 0 atom stereocenters. The average molecular weight is 421 g/mol. The van der Waals surface area contributed by atoms with Crippen molar-refractivity contribution in [2.75, 3.05) is 0 Å². The molecular weight excluding hydrogens is 400 g/mol.